The first kappa shape index (κ1) is 17.2. The van der Waals surface area contributed by atoms with Crippen LogP contribution in [-0.4, -0.2) is 39.1 Å². The fraction of sp³-hybridized carbons (Fsp3) is 0.438. The first-order valence-corrected chi connectivity index (χ1v) is 7.02. The lowest BCUT2D eigenvalue weighted by Gasteiger charge is -2.18. The SMILES string of the molecule is CCOC(CNc1ccc(C=CC(=O)OC)cc1)OCC. The molecular formula is C16H23NO4. The molecule has 21 heavy (non-hydrogen) atoms. The van der Waals surface area contributed by atoms with Crippen LogP contribution in [0.2, 0.25) is 0 Å². The normalized spacial score (nSPS) is 11.0. The van der Waals surface area contributed by atoms with Gasteiger partial charge in [-0.3, -0.25) is 0 Å². The summed E-state index contributed by atoms with van der Waals surface area (Å²) in [6.07, 6.45) is 2.85. The molecule has 116 valence electrons. The van der Waals surface area contributed by atoms with Crippen molar-refractivity contribution in [1.29, 1.82) is 0 Å². The highest BCUT2D eigenvalue weighted by Crippen LogP contribution is 2.11. The quantitative estimate of drug-likeness (QED) is 0.431. The predicted octanol–water partition coefficient (Wildman–Crippen LogP) is 2.68. The number of rotatable bonds is 9. The number of hydrogen-bond acceptors (Lipinski definition) is 5. The minimum atomic E-state index is -0.367. The molecule has 0 bridgehead atoms. The number of carbonyl (C=O) groups is 1. The second-order valence-electron chi connectivity index (χ2n) is 4.20. The molecule has 0 aromatic heterocycles. The third kappa shape index (κ3) is 6.92. The molecular weight excluding hydrogens is 270 g/mol. The second kappa shape index (κ2) is 9.96. The minimum Gasteiger partial charge on any atom is -0.466 e. The van der Waals surface area contributed by atoms with E-state index in [1.165, 1.54) is 13.2 Å². The van der Waals surface area contributed by atoms with Crippen molar-refractivity contribution in [1.82, 2.24) is 0 Å². The minimum absolute atomic E-state index is 0.251. The zero-order chi connectivity index (χ0) is 15.5. The molecule has 0 spiro atoms. The maximum absolute atomic E-state index is 11.0. The molecule has 0 saturated carbocycles. The topological polar surface area (TPSA) is 56.8 Å². The van der Waals surface area contributed by atoms with Gasteiger partial charge in [0.1, 0.15) is 0 Å². The summed E-state index contributed by atoms with van der Waals surface area (Å²) in [5.74, 6) is -0.367. The molecule has 0 unspecified atom stereocenters. The largest absolute Gasteiger partial charge is 0.466 e. The third-order valence-corrected chi connectivity index (χ3v) is 2.70. The van der Waals surface area contributed by atoms with Gasteiger partial charge in [0.2, 0.25) is 0 Å². The van der Waals surface area contributed by atoms with Crippen LogP contribution in [0, 0.1) is 0 Å². The molecule has 0 heterocycles. The predicted molar refractivity (Wildman–Crippen MR) is 83.0 cm³/mol. The highest BCUT2D eigenvalue weighted by Gasteiger charge is 2.06. The highest BCUT2D eigenvalue weighted by atomic mass is 16.7. The fourth-order valence-electron chi connectivity index (χ4n) is 1.68. The molecule has 0 aliphatic rings. The van der Waals surface area contributed by atoms with Gasteiger partial charge in [-0.05, 0) is 37.6 Å². The third-order valence-electron chi connectivity index (χ3n) is 2.70. The van der Waals surface area contributed by atoms with Crippen molar-refractivity contribution in [2.75, 3.05) is 32.2 Å². The van der Waals surface area contributed by atoms with Crippen LogP contribution in [0.5, 0.6) is 0 Å². The maximum atomic E-state index is 11.0. The lowest BCUT2D eigenvalue weighted by molar-refractivity contribution is -0.134. The fourth-order valence-corrected chi connectivity index (χ4v) is 1.68. The van der Waals surface area contributed by atoms with Crippen LogP contribution in [-0.2, 0) is 19.0 Å². The van der Waals surface area contributed by atoms with Gasteiger partial charge in [0.15, 0.2) is 6.29 Å². The summed E-state index contributed by atoms with van der Waals surface area (Å²) < 4.78 is 15.5. The number of carbonyl (C=O) groups excluding carboxylic acids is 1. The summed E-state index contributed by atoms with van der Waals surface area (Å²) in [6.45, 7) is 5.69. The van der Waals surface area contributed by atoms with Crippen molar-refractivity contribution in [3.05, 3.63) is 35.9 Å². The van der Waals surface area contributed by atoms with Crippen LogP contribution in [0.15, 0.2) is 30.3 Å². The van der Waals surface area contributed by atoms with E-state index in [1.54, 1.807) is 6.08 Å². The van der Waals surface area contributed by atoms with E-state index in [9.17, 15) is 4.79 Å². The summed E-state index contributed by atoms with van der Waals surface area (Å²) in [5, 5.41) is 3.25. The summed E-state index contributed by atoms with van der Waals surface area (Å²) in [4.78, 5) is 11.0. The maximum Gasteiger partial charge on any atom is 0.330 e. The van der Waals surface area contributed by atoms with Crippen LogP contribution >= 0.6 is 0 Å². The van der Waals surface area contributed by atoms with E-state index in [4.69, 9.17) is 9.47 Å². The average Bonchev–Trinajstić information content (AvgIpc) is 2.51. The first-order chi connectivity index (χ1) is 10.2. The van der Waals surface area contributed by atoms with Crippen molar-refractivity contribution in [2.24, 2.45) is 0 Å². The van der Waals surface area contributed by atoms with Gasteiger partial charge in [0, 0.05) is 25.0 Å². The summed E-state index contributed by atoms with van der Waals surface area (Å²) in [6, 6.07) is 7.70. The second-order valence-corrected chi connectivity index (χ2v) is 4.20. The van der Waals surface area contributed by atoms with E-state index in [-0.39, 0.29) is 12.3 Å². The van der Waals surface area contributed by atoms with Gasteiger partial charge >= 0.3 is 5.97 Å². The Kier molecular flexibility index (Phi) is 8.16. The molecule has 0 amide bonds. The van der Waals surface area contributed by atoms with Gasteiger partial charge in [-0.1, -0.05) is 12.1 Å². The van der Waals surface area contributed by atoms with Crippen LogP contribution < -0.4 is 5.32 Å². The van der Waals surface area contributed by atoms with Gasteiger partial charge in [0.25, 0.3) is 0 Å². The Morgan fingerprint density at radius 2 is 1.81 bits per heavy atom. The molecule has 1 aromatic rings. The number of anilines is 1. The Morgan fingerprint density at radius 1 is 1.19 bits per heavy atom. The molecule has 0 aliphatic carbocycles. The van der Waals surface area contributed by atoms with E-state index in [0.717, 1.165) is 11.3 Å². The van der Waals surface area contributed by atoms with Crippen LogP contribution in [0.4, 0.5) is 5.69 Å². The molecule has 0 aliphatic heterocycles. The zero-order valence-corrected chi connectivity index (χ0v) is 12.8. The summed E-state index contributed by atoms with van der Waals surface area (Å²) in [7, 11) is 1.35. The highest BCUT2D eigenvalue weighted by molar-refractivity contribution is 5.86. The van der Waals surface area contributed by atoms with E-state index in [0.29, 0.717) is 19.8 Å². The summed E-state index contributed by atoms with van der Waals surface area (Å²) >= 11 is 0. The van der Waals surface area contributed by atoms with E-state index in [2.05, 4.69) is 10.1 Å². The molecule has 0 saturated heterocycles. The molecule has 5 heteroatoms. The molecule has 0 radical (unpaired) electrons. The van der Waals surface area contributed by atoms with Crippen molar-refractivity contribution >= 4 is 17.7 Å². The van der Waals surface area contributed by atoms with Gasteiger partial charge in [0.05, 0.1) is 13.7 Å². The van der Waals surface area contributed by atoms with Gasteiger partial charge < -0.3 is 19.5 Å². The lowest BCUT2D eigenvalue weighted by Crippen LogP contribution is -2.26. The van der Waals surface area contributed by atoms with E-state index < -0.39 is 0 Å². The molecule has 1 aromatic carbocycles. The molecule has 5 nitrogen and oxygen atoms in total. The van der Waals surface area contributed by atoms with E-state index in [1.807, 2.05) is 38.1 Å². The first-order valence-electron chi connectivity index (χ1n) is 7.02. The lowest BCUT2D eigenvalue weighted by atomic mass is 10.2. The van der Waals surface area contributed by atoms with Crippen LogP contribution in [0.1, 0.15) is 19.4 Å². The number of nitrogens with one attached hydrogen (secondary N) is 1. The van der Waals surface area contributed by atoms with Gasteiger partial charge in [-0.2, -0.15) is 0 Å². The number of esters is 1. The Bertz CT molecular complexity index is 436. The zero-order valence-electron chi connectivity index (χ0n) is 12.8. The van der Waals surface area contributed by atoms with Crippen molar-refractivity contribution < 1.29 is 19.0 Å². The molecule has 1 N–H and O–H groups in total. The number of ether oxygens (including phenoxy) is 3. The van der Waals surface area contributed by atoms with Crippen LogP contribution in [0.25, 0.3) is 6.08 Å². The van der Waals surface area contributed by atoms with Crippen molar-refractivity contribution in [3.8, 4) is 0 Å². The van der Waals surface area contributed by atoms with Gasteiger partial charge in [-0.15, -0.1) is 0 Å². The Morgan fingerprint density at radius 3 is 2.33 bits per heavy atom. The standard InChI is InChI=1S/C16H23NO4/c1-4-20-16(21-5-2)12-17-14-9-6-13(7-10-14)8-11-15(18)19-3/h6-11,16-17H,4-5,12H2,1-3H3. The molecule has 0 fully saturated rings. The van der Waals surface area contributed by atoms with E-state index >= 15 is 0 Å². The smallest absolute Gasteiger partial charge is 0.330 e. The van der Waals surface area contributed by atoms with Crippen LogP contribution in [0.3, 0.4) is 0 Å². The Labute approximate surface area is 125 Å². The number of hydrogen-bond donors (Lipinski definition) is 1. The Balaban J connectivity index is 2.50. The van der Waals surface area contributed by atoms with Crippen molar-refractivity contribution in [2.45, 2.75) is 20.1 Å². The summed E-state index contributed by atoms with van der Waals surface area (Å²) in [5.41, 5.74) is 1.90. The molecule has 1 rings (SSSR count). The molecule has 0 atom stereocenters. The Hall–Kier alpha value is -1.85. The monoisotopic (exact) mass is 293 g/mol. The number of methoxy groups -OCH3 is 1. The number of benzene rings is 1. The average molecular weight is 293 g/mol. The van der Waals surface area contributed by atoms with Gasteiger partial charge in [-0.25, -0.2) is 4.79 Å². The van der Waals surface area contributed by atoms with Crippen molar-refractivity contribution in [3.63, 3.8) is 0 Å².